The molecule has 0 aromatic rings. The summed E-state index contributed by atoms with van der Waals surface area (Å²) in [4.78, 5) is 11.4. The van der Waals surface area contributed by atoms with Crippen LogP contribution in [-0.4, -0.2) is 79.2 Å². The Morgan fingerprint density at radius 1 is 1.24 bits per heavy atom. The molecule has 144 valence electrons. The monoisotopic (exact) mass is 374 g/mol. The molecular weight excluding hydrogens is 344 g/mol. The molecule has 2 heterocycles. The zero-order valence-electron chi connectivity index (χ0n) is 15.3. The summed E-state index contributed by atoms with van der Waals surface area (Å²) in [5, 5.41) is 31.1. The normalized spacial score (nSPS) is 37.6. The highest BCUT2D eigenvalue weighted by molar-refractivity contribution is 6.80. The van der Waals surface area contributed by atoms with Crippen LogP contribution in [-0.2, 0) is 19.0 Å². The molecule has 8 heteroatoms. The van der Waals surface area contributed by atoms with Gasteiger partial charge >= 0.3 is 5.97 Å². The van der Waals surface area contributed by atoms with E-state index in [0.29, 0.717) is 12.8 Å². The lowest BCUT2D eigenvalue weighted by atomic mass is 9.87. The second kappa shape index (κ2) is 8.28. The zero-order chi connectivity index (χ0) is 18.8. The first-order valence-corrected chi connectivity index (χ1v) is 12.3. The van der Waals surface area contributed by atoms with E-state index in [1.54, 1.807) is 6.08 Å². The summed E-state index contributed by atoms with van der Waals surface area (Å²) in [6.45, 7) is 6.40. The third kappa shape index (κ3) is 5.35. The number of esters is 1. The van der Waals surface area contributed by atoms with Crippen LogP contribution in [0.2, 0.25) is 19.6 Å². The smallest absolute Gasteiger partial charge is 0.308 e. The number of methoxy groups -OCH3 is 1. The van der Waals surface area contributed by atoms with Crippen molar-refractivity contribution in [1.29, 1.82) is 0 Å². The number of carbonyl (C=O) groups excluding carboxylic acids is 1. The molecule has 7 nitrogen and oxygen atoms in total. The molecule has 7 atom stereocenters. The zero-order valence-corrected chi connectivity index (χ0v) is 16.3. The van der Waals surface area contributed by atoms with E-state index in [4.69, 9.17) is 9.47 Å². The highest BCUT2D eigenvalue weighted by Gasteiger charge is 2.49. The number of ether oxygens (including phenoxy) is 3. The third-order valence-corrected chi connectivity index (χ3v) is 5.79. The fourth-order valence-electron chi connectivity index (χ4n) is 3.21. The summed E-state index contributed by atoms with van der Waals surface area (Å²) >= 11 is 0. The van der Waals surface area contributed by atoms with Gasteiger partial charge in [-0.1, -0.05) is 31.4 Å². The lowest BCUT2D eigenvalue weighted by molar-refractivity contribution is -0.274. The van der Waals surface area contributed by atoms with Gasteiger partial charge in [0.15, 0.2) is 0 Å². The Morgan fingerprint density at radius 3 is 2.52 bits per heavy atom. The minimum Gasteiger partial charge on any atom is -0.469 e. The van der Waals surface area contributed by atoms with Crippen LogP contribution in [0.5, 0.6) is 0 Å². The Morgan fingerprint density at radius 2 is 1.92 bits per heavy atom. The van der Waals surface area contributed by atoms with Crippen molar-refractivity contribution in [2.24, 2.45) is 0 Å². The maximum Gasteiger partial charge on any atom is 0.308 e. The Balaban J connectivity index is 2.02. The van der Waals surface area contributed by atoms with Crippen molar-refractivity contribution in [2.75, 3.05) is 7.11 Å². The molecule has 0 amide bonds. The van der Waals surface area contributed by atoms with Gasteiger partial charge in [-0.15, -0.1) is 0 Å². The Bertz CT molecular complexity index is 488. The van der Waals surface area contributed by atoms with Crippen molar-refractivity contribution in [2.45, 2.75) is 81.6 Å². The van der Waals surface area contributed by atoms with E-state index in [1.807, 2.05) is 5.70 Å². The first kappa shape index (κ1) is 20.5. The summed E-state index contributed by atoms with van der Waals surface area (Å²) in [5.41, 5.74) is 1.98. The van der Waals surface area contributed by atoms with E-state index in [-0.39, 0.29) is 18.5 Å². The molecule has 2 saturated heterocycles. The average Bonchev–Trinajstić information content (AvgIpc) is 2.55. The molecule has 3 unspecified atom stereocenters. The molecule has 0 aliphatic carbocycles. The molecule has 25 heavy (non-hydrogen) atoms. The molecule has 0 aromatic heterocycles. The van der Waals surface area contributed by atoms with Crippen molar-refractivity contribution in [1.82, 2.24) is 0 Å². The van der Waals surface area contributed by atoms with Crippen molar-refractivity contribution in [3.05, 3.63) is 11.8 Å². The average molecular weight is 375 g/mol. The standard InChI is InChI=1S/C17H30O7Si/c1-22-13(19)9-10-5-6-12-17(23-10)15(21)14(20)16(24-12)11(18)7-8-25(2,3)4/h7-8,10-12,14-18,20-21H,5-6,9H2,1-4H3/b8-7+/t10-,11?,12?,14+,15?,16+,17+/m1/s1. The number of rotatable bonds is 5. The Labute approximate surface area is 149 Å². The number of carbonyl (C=O) groups is 1. The molecule has 0 aromatic carbocycles. The van der Waals surface area contributed by atoms with E-state index in [2.05, 4.69) is 24.4 Å². The Kier molecular flexibility index (Phi) is 6.80. The predicted molar refractivity (Wildman–Crippen MR) is 93.7 cm³/mol. The molecule has 2 rings (SSSR count). The summed E-state index contributed by atoms with van der Waals surface area (Å²) in [6.07, 6.45) is -2.93. The lowest BCUT2D eigenvalue weighted by Gasteiger charge is -2.47. The van der Waals surface area contributed by atoms with Gasteiger partial charge in [-0.2, -0.15) is 0 Å². The van der Waals surface area contributed by atoms with Crippen molar-refractivity contribution < 1.29 is 34.3 Å². The van der Waals surface area contributed by atoms with Crippen molar-refractivity contribution in [3.8, 4) is 0 Å². The lowest BCUT2D eigenvalue weighted by Crippen LogP contribution is -2.63. The van der Waals surface area contributed by atoms with Crippen LogP contribution in [0.15, 0.2) is 11.8 Å². The molecule has 3 N–H and O–H groups in total. The van der Waals surface area contributed by atoms with Crippen LogP contribution in [0.1, 0.15) is 19.3 Å². The van der Waals surface area contributed by atoms with Gasteiger partial charge in [0.2, 0.25) is 0 Å². The number of hydrogen-bond acceptors (Lipinski definition) is 7. The van der Waals surface area contributed by atoms with Crippen LogP contribution in [0.25, 0.3) is 0 Å². The van der Waals surface area contributed by atoms with Gasteiger partial charge in [0.25, 0.3) is 0 Å². The molecule has 0 spiro atoms. The number of fused-ring (bicyclic) bond motifs is 1. The number of aliphatic hydroxyl groups excluding tert-OH is 3. The first-order chi connectivity index (χ1) is 11.6. The summed E-state index contributed by atoms with van der Waals surface area (Å²) < 4.78 is 16.2. The maximum atomic E-state index is 11.4. The van der Waals surface area contributed by atoms with Gasteiger partial charge in [-0.05, 0) is 12.8 Å². The van der Waals surface area contributed by atoms with Crippen molar-refractivity contribution >= 4 is 14.0 Å². The second-order valence-corrected chi connectivity index (χ2v) is 13.0. The van der Waals surface area contributed by atoms with Gasteiger partial charge in [0.05, 0.1) is 33.8 Å². The summed E-state index contributed by atoms with van der Waals surface area (Å²) in [7, 11) is -0.179. The molecule has 2 aliphatic rings. The van der Waals surface area contributed by atoms with E-state index >= 15 is 0 Å². The largest absolute Gasteiger partial charge is 0.469 e. The fraction of sp³-hybridized carbons (Fsp3) is 0.824. The second-order valence-electron chi connectivity index (χ2n) is 7.92. The van der Waals surface area contributed by atoms with Crippen molar-refractivity contribution in [3.63, 3.8) is 0 Å². The minimum atomic E-state index is -1.49. The van der Waals surface area contributed by atoms with Crippen LogP contribution >= 0.6 is 0 Å². The minimum absolute atomic E-state index is 0.105. The SMILES string of the molecule is COC(=O)C[C@H]1CCC2O[C@@H](C(O)/C=C/[Si](C)(C)C)[C@@H](O)C(O)[C@H]2O1. The third-order valence-electron chi connectivity index (χ3n) is 4.60. The Hall–Kier alpha value is -0.773. The van der Waals surface area contributed by atoms with E-state index < -0.39 is 44.7 Å². The van der Waals surface area contributed by atoms with Crippen LogP contribution in [0.4, 0.5) is 0 Å². The molecular formula is C17H30O7Si. The van der Waals surface area contributed by atoms with Gasteiger partial charge in [-0.25, -0.2) is 0 Å². The van der Waals surface area contributed by atoms with E-state index in [1.165, 1.54) is 7.11 Å². The van der Waals surface area contributed by atoms with Gasteiger partial charge < -0.3 is 29.5 Å². The highest BCUT2D eigenvalue weighted by atomic mass is 28.3. The molecule has 0 radical (unpaired) electrons. The van der Waals surface area contributed by atoms with Gasteiger partial charge in [-0.3, -0.25) is 4.79 Å². The quantitative estimate of drug-likeness (QED) is 0.472. The van der Waals surface area contributed by atoms with E-state index in [9.17, 15) is 20.1 Å². The first-order valence-electron chi connectivity index (χ1n) is 8.73. The maximum absolute atomic E-state index is 11.4. The molecule has 2 aliphatic heterocycles. The topological polar surface area (TPSA) is 105 Å². The number of aliphatic hydroxyl groups is 3. The van der Waals surface area contributed by atoms with Gasteiger partial charge in [0, 0.05) is 0 Å². The van der Waals surface area contributed by atoms with Crippen LogP contribution in [0.3, 0.4) is 0 Å². The molecule has 2 fully saturated rings. The fourth-order valence-corrected chi connectivity index (χ4v) is 3.98. The summed E-state index contributed by atoms with van der Waals surface area (Å²) in [6, 6.07) is 0. The number of hydrogen-bond donors (Lipinski definition) is 3. The summed E-state index contributed by atoms with van der Waals surface area (Å²) in [5.74, 6) is -0.375. The molecule has 0 bridgehead atoms. The van der Waals surface area contributed by atoms with Crippen LogP contribution in [0, 0.1) is 0 Å². The van der Waals surface area contributed by atoms with E-state index in [0.717, 1.165) is 0 Å². The predicted octanol–water partition coefficient (Wildman–Crippen LogP) is 0.381. The highest BCUT2D eigenvalue weighted by Crippen LogP contribution is 2.34. The van der Waals surface area contributed by atoms with Crippen LogP contribution < -0.4 is 0 Å². The molecule has 0 saturated carbocycles. The van der Waals surface area contributed by atoms with Gasteiger partial charge in [0.1, 0.15) is 30.5 Å².